The van der Waals surface area contributed by atoms with Crippen molar-refractivity contribution in [1.29, 1.82) is 0 Å². The summed E-state index contributed by atoms with van der Waals surface area (Å²) in [6, 6.07) is 0.152. The summed E-state index contributed by atoms with van der Waals surface area (Å²) in [7, 11) is -1.38. The van der Waals surface area contributed by atoms with Gasteiger partial charge >= 0.3 is 0 Å². The van der Waals surface area contributed by atoms with E-state index in [0.29, 0.717) is 6.54 Å². The summed E-state index contributed by atoms with van der Waals surface area (Å²) in [4.78, 5) is 0. The molecular weight excluding hydrogens is 236 g/mol. The van der Waals surface area contributed by atoms with E-state index in [1.807, 2.05) is 0 Å². The van der Waals surface area contributed by atoms with Gasteiger partial charge in [-0.2, -0.15) is 0 Å². The third-order valence-corrected chi connectivity index (χ3v) is 5.35. The smallest absolute Gasteiger partial charge is 0.215 e. The molecule has 17 heavy (non-hydrogen) atoms. The molecule has 0 amide bonds. The minimum absolute atomic E-state index is 0.152. The second-order valence-electron chi connectivity index (χ2n) is 5.07. The molecule has 0 radical (unpaired) electrons. The zero-order valence-electron chi connectivity index (χ0n) is 11.0. The second-order valence-corrected chi connectivity index (χ2v) is 7.20. The van der Waals surface area contributed by atoms with E-state index in [2.05, 4.69) is 10.0 Å². The predicted octanol–water partition coefficient (Wildman–Crippen LogP) is 1.63. The van der Waals surface area contributed by atoms with Gasteiger partial charge in [0.25, 0.3) is 0 Å². The molecule has 0 aromatic rings. The second kappa shape index (κ2) is 7.34. The fourth-order valence-electron chi connectivity index (χ4n) is 2.32. The van der Waals surface area contributed by atoms with Gasteiger partial charge in [0.1, 0.15) is 0 Å². The van der Waals surface area contributed by atoms with Crippen molar-refractivity contribution in [3.8, 4) is 0 Å². The van der Waals surface area contributed by atoms with Crippen LogP contribution < -0.4 is 10.0 Å². The minimum atomic E-state index is -3.16. The Kier molecular flexibility index (Phi) is 6.44. The van der Waals surface area contributed by atoms with Crippen LogP contribution in [0.3, 0.4) is 0 Å². The maximum atomic E-state index is 12.0. The molecular formula is C12H26N2O2S. The summed E-state index contributed by atoms with van der Waals surface area (Å²) in [6.07, 6.45) is 8.06. The summed E-state index contributed by atoms with van der Waals surface area (Å²) in [5.41, 5.74) is 0. The summed E-state index contributed by atoms with van der Waals surface area (Å²) in [6.45, 7) is 2.25. The minimum Gasteiger partial charge on any atom is -0.318 e. The first-order valence-electron chi connectivity index (χ1n) is 6.72. The van der Waals surface area contributed by atoms with Gasteiger partial charge in [-0.25, -0.2) is 13.1 Å². The molecule has 102 valence electrons. The van der Waals surface area contributed by atoms with Crippen LogP contribution in [0.1, 0.15) is 51.9 Å². The summed E-state index contributed by atoms with van der Waals surface area (Å²) >= 11 is 0. The van der Waals surface area contributed by atoms with Crippen LogP contribution in [0.25, 0.3) is 0 Å². The highest BCUT2D eigenvalue weighted by atomic mass is 32.2. The number of hydrogen-bond donors (Lipinski definition) is 2. The summed E-state index contributed by atoms with van der Waals surface area (Å²) < 4.78 is 27.0. The number of nitrogens with one attached hydrogen (secondary N) is 2. The molecule has 1 fully saturated rings. The molecule has 1 aliphatic rings. The van der Waals surface area contributed by atoms with Crippen molar-refractivity contribution in [3.05, 3.63) is 0 Å². The quantitative estimate of drug-likeness (QED) is 0.791. The van der Waals surface area contributed by atoms with E-state index >= 15 is 0 Å². The molecule has 2 N–H and O–H groups in total. The van der Waals surface area contributed by atoms with E-state index in [9.17, 15) is 8.42 Å². The van der Waals surface area contributed by atoms with Gasteiger partial charge in [-0.05, 0) is 26.8 Å². The zero-order valence-corrected chi connectivity index (χ0v) is 11.9. The first kappa shape index (κ1) is 14.9. The largest absolute Gasteiger partial charge is 0.318 e. The summed E-state index contributed by atoms with van der Waals surface area (Å²) in [5.74, 6) is 0. The van der Waals surface area contributed by atoms with Crippen LogP contribution in [0.2, 0.25) is 0 Å². The number of hydrogen-bond acceptors (Lipinski definition) is 3. The molecule has 0 heterocycles. The highest BCUT2D eigenvalue weighted by Gasteiger charge is 2.23. The first-order valence-corrected chi connectivity index (χ1v) is 8.26. The standard InChI is InChI=1S/C12H26N2O2S/c1-11(10-13-2)17(15,16)14-12-8-6-4-3-5-7-9-12/h11-14H,3-10H2,1-2H3. The van der Waals surface area contributed by atoms with E-state index in [4.69, 9.17) is 0 Å². The lowest BCUT2D eigenvalue weighted by molar-refractivity contribution is 0.424. The van der Waals surface area contributed by atoms with Gasteiger partial charge in [0, 0.05) is 12.6 Å². The van der Waals surface area contributed by atoms with Gasteiger partial charge in [0.2, 0.25) is 10.0 Å². The van der Waals surface area contributed by atoms with Crippen LogP contribution in [0.5, 0.6) is 0 Å². The van der Waals surface area contributed by atoms with E-state index < -0.39 is 10.0 Å². The SMILES string of the molecule is CNCC(C)S(=O)(=O)NC1CCCCCCC1. The van der Waals surface area contributed by atoms with Crippen molar-refractivity contribution in [3.63, 3.8) is 0 Å². The van der Waals surface area contributed by atoms with Crippen molar-refractivity contribution in [2.75, 3.05) is 13.6 Å². The topological polar surface area (TPSA) is 58.2 Å². The van der Waals surface area contributed by atoms with E-state index in [1.54, 1.807) is 14.0 Å². The Hall–Kier alpha value is -0.130. The maximum absolute atomic E-state index is 12.0. The van der Waals surface area contributed by atoms with Gasteiger partial charge in [0.05, 0.1) is 5.25 Å². The van der Waals surface area contributed by atoms with Crippen LogP contribution in [-0.2, 0) is 10.0 Å². The molecule has 1 unspecified atom stereocenters. The Morgan fingerprint density at radius 1 is 1.12 bits per heavy atom. The van der Waals surface area contributed by atoms with Crippen molar-refractivity contribution in [2.45, 2.75) is 63.2 Å². The lowest BCUT2D eigenvalue weighted by atomic mass is 9.97. The fraction of sp³-hybridized carbons (Fsp3) is 1.00. The molecule has 0 spiro atoms. The van der Waals surface area contributed by atoms with Gasteiger partial charge in [-0.1, -0.05) is 32.1 Å². The van der Waals surface area contributed by atoms with Crippen molar-refractivity contribution in [1.82, 2.24) is 10.0 Å². The highest BCUT2D eigenvalue weighted by molar-refractivity contribution is 7.90. The maximum Gasteiger partial charge on any atom is 0.215 e. The molecule has 4 nitrogen and oxygen atoms in total. The Morgan fingerprint density at radius 3 is 2.18 bits per heavy atom. The molecule has 0 aromatic heterocycles. The van der Waals surface area contributed by atoms with E-state index in [0.717, 1.165) is 25.7 Å². The summed E-state index contributed by atoms with van der Waals surface area (Å²) in [5, 5.41) is 2.55. The number of rotatable bonds is 5. The van der Waals surface area contributed by atoms with Crippen LogP contribution >= 0.6 is 0 Å². The lowest BCUT2D eigenvalue weighted by Gasteiger charge is -2.23. The molecule has 1 rings (SSSR count). The average molecular weight is 262 g/mol. The highest BCUT2D eigenvalue weighted by Crippen LogP contribution is 2.18. The van der Waals surface area contributed by atoms with Crippen LogP contribution in [-0.4, -0.2) is 33.3 Å². The average Bonchev–Trinajstić information content (AvgIpc) is 2.22. The van der Waals surface area contributed by atoms with Crippen LogP contribution in [0.15, 0.2) is 0 Å². The van der Waals surface area contributed by atoms with Gasteiger partial charge in [0.15, 0.2) is 0 Å². The zero-order chi connectivity index (χ0) is 12.7. The van der Waals surface area contributed by atoms with Gasteiger partial charge in [-0.3, -0.25) is 0 Å². The lowest BCUT2D eigenvalue weighted by Crippen LogP contribution is -2.43. The first-order chi connectivity index (χ1) is 8.06. The number of sulfonamides is 1. The van der Waals surface area contributed by atoms with Crippen molar-refractivity contribution < 1.29 is 8.42 Å². The van der Waals surface area contributed by atoms with E-state index in [-0.39, 0.29) is 11.3 Å². The Labute approximate surface area is 106 Å². The van der Waals surface area contributed by atoms with Gasteiger partial charge < -0.3 is 5.32 Å². The molecule has 1 aliphatic carbocycles. The van der Waals surface area contributed by atoms with Crippen molar-refractivity contribution >= 4 is 10.0 Å². The molecule has 1 saturated carbocycles. The molecule has 0 aromatic carbocycles. The Balaban J connectivity index is 2.49. The molecule has 0 aliphatic heterocycles. The van der Waals surface area contributed by atoms with Crippen molar-refractivity contribution in [2.24, 2.45) is 0 Å². The Morgan fingerprint density at radius 2 is 1.65 bits per heavy atom. The molecule has 0 bridgehead atoms. The monoisotopic (exact) mass is 262 g/mol. The molecule has 1 atom stereocenters. The van der Waals surface area contributed by atoms with E-state index in [1.165, 1.54) is 19.3 Å². The fourth-order valence-corrected chi connectivity index (χ4v) is 3.64. The van der Waals surface area contributed by atoms with Gasteiger partial charge in [-0.15, -0.1) is 0 Å². The third-order valence-electron chi connectivity index (χ3n) is 3.46. The van der Waals surface area contributed by atoms with Crippen LogP contribution in [0.4, 0.5) is 0 Å². The predicted molar refractivity (Wildman–Crippen MR) is 71.6 cm³/mol. The third kappa shape index (κ3) is 5.36. The molecule has 5 heteroatoms. The Bertz CT molecular complexity index is 296. The molecule has 0 saturated heterocycles. The van der Waals surface area contributed by atoms with Crippen LogP contribution in [0, 0.1) is 0 Å². The normalized spacial score (nSPS) is 21.8.